The minimum Gasteiger partial charge on any atom is -0.376 e. The van der Waals surface area contributed by atoms with Crippen molar-refractivity contribution in [3.63, 3.8) is 0 Å². The highest BCUT2D eigenvalue weighted by Gasteiger charge is 2.19. The molecule has 0 amide bonds. The third-order valence-electron chi connectivity index (χ3n) is 5.73. The van der Waals surface area contributed by atoms with Crippen molar-refractivity contribution in [2.75, 3.05) is 19.0 Å². The second-order valence-corrected chi connectivity index (χ2v) is 8.38. The lowest BCUT2D eigenvalue weighted by molar-refractivity contribution is 0.627. The second kappa shape index (κ2) is 8.98. The maximum atomic E-state index is 13.9. The molecule has 4 heterocycles. The van der Waals surface area contributed by atoms with Gasteiger partial charge in [-0.25, -0.2) is 14.4 Å². The van der Waals surface area contributed by atoms with Crippen molar-refractivity contribution >= 4 is 22.3 Å². The molecular formula is C27H24FN7. The fourth-order valence-electron chi connectivity index (χ4n) is 3.96. The predicted octanol–water partition coefficient (Wildman–Crippen LogP) is 5.54. The van der Waals surface area contributed by atoms with E-state index < -0.39 is 0 Å². The Hall–Kier alpha value is -4.59. The first-order valence-corrected chi connectivity index (χ1v) is 11.1. The molecule has 0 aliphatic carbocycles. The van der Waals surface area contributed by atoms with Gasteiger partial charge in [-0.2, -0.15) is 5.10 Å². The number of rotatable bonds is 6. The monoisotopic (exact) mass is 465 g/mol. The number of hydrogen-bond donors (Lipinski definition) is 2. The summed E-state index contributed by atoms with van der Waals surface area (Å²) in [5.41, 5.74) is 7.77. The van der Waals surface area contributed by atoms with Crippen molar-refractivity contribution in [2.45, 2.75) is 6.92 Å². The first-order chi connectivity index (χ1) is 16.9. The zero-order valence-corrected chi connectivity index (χ0v) is 19.7. The summed E-state index contributed by atoms with van der Waals surface area (Å²) in [5.74, 6) is 0.258. The van der Waals surface area contributed by atoms with Crippen molar-refractivity contribution in [1.29, 1.82) is 0 Å². The van der Waals surface area contributed by atoms with Crippen LogP contribution in [-0.2, 0) is 0 Å². The summed E-state index contributed by atoms with van der Waals surface area (Å²) in [6.45, 7) is 5.74. The largest absolute Gasteiger partial charge is 0.376 e. The van der Waals surface area contributed by atoms with Gasteiger partial charge in [0, 0.05) is 37.1 Å². The first kappa shape index (κ1) is 22.2. The SMILES string of the molecule is C=C/C=C(/c1cccc(F)c1)c1nc(-c2n[nH]c3ccc(-c4cncc(N(C)C)c4)nc23)[nH]c1C. The topological polar surface area (TPSA) is 86.4 Å². The fourth-order valence-corrected chi connectivity index (χ4v) is 3.96. The van der Waals surface area contributed by atoms with Crippen LogP contribution in [0.2, 0.25) is 0 Å². The van der Waals surface area contributed by atoms with Crippen LogP contribution in [0.15, 0.2) is 73.6 Å². The first-order valence-electron chi connectivity index (χ1n) is 11.1. The van der Waals surface area contributed by atoms with E-state index >= 15 is 0 Å². The molecule has 0 aliphatic heterocycles. The number of fused-ring (bicyclic) bond motifs is 1. The van der Waals surface area contributed by atoms with Crippen molar-refractivity contribution in [3.05, 3.63) is 96.4 Å². The van der Waals surface area contributed by atoms with E-state index in [-0.39, 0.29) is 5.82 Å². The number of nitrogens with one attached hydrogen (secondary N) is 2. The number of allylic oxidation sites excluding steroid dienone is 2. The van der Waals surface area contributed by atoms with E-state index in [0.717, 1.165) is 33.7 Å². The minimum absolute atomic E-state index is 0.311. The molecule has 0 fully saturated rings. The van der Waals surface area contributed by atoms with Crippen LogP contribution in [0.1, 0.15) is 17.0 Å². The van der Waals surface area contributed by atoms with Crippen LogP contribution in [-0.4, -0.2) is 44.2 Å². The van der Waals surface area contributed by atoms with Crippen LogP contribution < -0.4 is 4.90 Å². The third-order valence-corrected chi connectivity index (χ3v) is 5.73. The van der Waals surface area contributed by atoms with Crippen LogP contribution in [0.4, 0.5) is 10.1 Å². The van der Waals surface area contributed by atoms with Crippen molar-refractivity contribution in [1.82, 2.24) is 30.1 Å². The molecule has 5 aromatic rings. The van der Waals surface area contributed by atoms with Gasteiger partial charge in [-0.15, -0.1) is 0 Å². The molecule has 0 bridgehead atoms. The number of nitrogens with zero attached hydrogens (tertiary/aromatic N) is 5. The molecule has 0 radical (unpaired) electrons. The van der Waals surface area contributed by atoms with Gasteiger partial charge in [0.1, 0.15) is 11.3 Å². The molecule has 1 aromatic carbocycles. The van der Waals surface area contributed by atoms with Gasteiger partial charge >= 0.3 is 0 Å². The Morgan fingerprint density at radius 3 is 2.71 bits per heavy atom. The Morgan fingerprint density at radius 1 is 1.09 bits per heavy atom. The molecule has 8 heteroatoms. The maximum absolute atomic E-state index is 13.9. The number of benzene rings is 1. The molecular weight excluding hydrogens is 441 g/mol. The second-order valence-electron chi connectivity index (χ2n) is 8.38. The van der Waals surface area contributed by atoms with Gasteiger partial charge in [0.15, 0.2) is 11.5 Å². The highest BCUT2D eigenvalue weighted by atomic mass is 19.1. The maximum Gasteiger partial charge on any atom is 0.161 e. The van der Waals surface area contributed by atoms with Crippen LogP contribution in [0.3, 0.4) is 0 Å². The summed E-state index contributed by atoms with van der Waals surface area (Å²) in [4.78, 5) is 19.4. The van der Waals surface area contributed by atoms with Crippen LogP contribution in [0, 0.1) is 12.7 Å². The summed E-state index contributed by atoms with van der Waals surface area (Å²) in [5, 5.41) is 7.53. The van der Waals surface area contributed by atoms with Crippen molar-refractivity contribution < 1.29 is 4.39 Å². The number of anilines is 1. The molecule has 5 rings (SSSR count). The molecule has 4 aromatic heterocycles. The van der Waals surface area contributed by atoms with E-state index in [0.29, 0.717) is 28.3 Å². The van der Waals surface area contributed by atoms with Gasteiger partial charge in [0.05, 0.1) is 28.8 Å². The van der Waals surface area contributed by atoms with Gasteiger partial charge in [-0.05, 0) is 42.8 Å². The molecule has 0 saturated carbocycles. The number of hydrogen-bond acceptors (Lipinski definition) is 5. The molecule has 0 unspecified atom stereocenters. The van der Waals surface area contributed by atoms with Gasteiger partial charge in [0.25, 0.3) is 0 Å². The molecule has 35 heavy (non-hydrogen) atoms. The van der Waals surface area contributed by atoms with E-state index in [1.165, 1.54) is 12.1 Å². The lowest BCUT2D eigenvalue weighted by Gasteiger charge is -2.12. The number of aromatic nitrogens is 6. The summed E-state index contributed by atoms with van der Waals surface area (Å²) in [6, 6.07) is 12.4. The summed E-state index contributed by atoms with van der Waals surface area (Å²) < 4.78 is 13.9. The van der Waals surface area contributed by atoms with Crippen molar-refractivity contribution in [3.8, 4) is 22.8 Å². The lowest BCUT2D eigenvalue weighted by Crippen LogP contribution is -2.08. The lowest BCUT2D eigenvalue weighted by atomic mass is 10.0. The minimum atomic E-state index is -0.311. The summed E-state index contributed by atoms with van der Waals surface area (Å²) in [6.07, 6.45) is 7.10. The average Bonchev–Trinajstić information content (AvgIpc) is 3.45. The third kappa shape index (κ3) is 4.21. The average molecular weight is 466 g/mol. The van der Waals surface area contributed by atoms with Gasteiger partial charge in [0.2, 0.25) is 0 Å². The van der Waals surface area contributed by atoms with E-state index in [4.69, 9.17) is 9.97 Å². The van der Waals surface area contributed by atoms with E-state index in [1.807, 2.05) is 62.5 Å². The summed E-state index contributed by atoms with van der Waals surface area (Å²) >= 11 is 0. The smallest absolute Gasteiger partial charge is 0.161 e. The number of H-pyrrole nitrogens is 2. The number of halogens is 1. The van der Waals surface area contributed by atoms with Crippen LogP contribution in [0.5, 0.6) is 0 Å². The fraction of sp³-hybridized carbons (Fsp3) is 0.111. The molecule has 0 saturated heterocycles. The molecule has 174 valence electrons. The van der Waals surface area contributed by atoms with Crippen molar-refractivity contribution in [2.24, 2.45) is 0 Å². The Labute approximate surface area is 202 Å². The van der Waals surface area contributed by atoms with Crippen LogP contribution in [0.25, 0.3) is 39.4 Å². The Kier molecular flexibility index (Phi) is 5.70. The zero-order valence-electron chi connectivity index (χ0n) is 19.7. The highest BCUT2D eigenvalue weighted by Crippen LogP contribution is 2.31. The highest BCUT2D eigenvalue weighted by molar-refractivity contribution is 5.90. The Morgan fingerprint density at radius 2 is 1.94 bits per heavy atom. The number of imidazole rings is 1. The zero-order chi connectivity index (χ0) is 24.5. The molecule has 2 N–H and O–H groups in total. The molecule has 0 atom stereocenters. The van der Waals surface area contributed by atoms with Gasteiger partial charge < -0.3 is 9.88 Å². The number of aromatic amines is 2. The Bertz CT molecular complexity index is 1580. The van der Waals surface area contributed by atoms with E-state index in [1.54, 1.807) is 18.3 Å². The van der Waals surface area contributed by atoms with Crippen LogP contribution >= 0.6 is 0 Å². The standard InChI is InChI=1S/C27H24FN7/c1-5-7-21(17-8-6-9-19(28)12-17)24-16(2)30-27(32-24)26-25-23(33-34-26)11-10-22(31-25)18-13-20(35(3)4)15-29-14-18/h5-15H,1H2,2-4H3,(H,30,32)(H,33,34)/b21-7-. The number of pyridine rings is 2. The Balaban J connectivity index is 1.59. The number of aryl methyl sites for hydroxylation is 1. The van der Waals surface area contributed by atoms with Gasteiger partial charge in [-0.3, -0.25) is 10.1 Å². The molecule has 0 spiro atoms. The quantitative estimate of drug-likeness (QED) is 0.322. The van der Waals surface area contributed by atoms with E-state index in [2.05, 4.69) is 26.7 Å². The normalized spacial score (nSPS) is 11.7. The predicted molar refractivity (Wildman–Crippen MR) is 137 cm³/mol. The molecule has 0 aliphatic rings. The van der Waals surface area contributed by atoms with Gasteiger partial charge in [-0.1, -0.05) is 30.9 Å². The molecule has 7 nitrogen and oxygen atoms in total. The van der Waals surface area contributed by atoms with E-state index in [9.17, 15) is 4.39 Å². The summed E-state index contributed by atoms with van der Waals surface area (Å²) in [7, 11) is 3.95.